The molecule has 4 atom stereocenters. The zero-order chi connectivity index (χ0) is 11.4. The van der Waals surface area contributed by atoms with Crippen LogP contribution in [0.15, 0.2) is 0 Å². The summed E-state index contributed by atoms with van der Waals surface area (Å²) >= 11 is -1.19. The van der Waals surface area contributed by atoms with Crippen LogP contribution in [0.5, 0.6) is 0 Å². The van der Waals surface area contributed by atoms with E-state index in [4.69, 9.17) is 5.11 Å². The molecule has 0 aromatic carbocycles. The first-order valence-electron chi connectivity index (χ1n) is 5.27. The third kappa shape index (κ3) is 2.00. The van der Waals surface area contributed by atoms with Gasteiger partial charge in [-0.3, -0.25) is 4.79 Å². The zero-order valence-electron chi connectivity index (χ0n) is 9.27. The summed E-state index contributed by atoms with van der Waals surface area (Å²) in [7, 11) is 0. The van der Waals surface area contributed by atoms with Crippen molar-refractivity contribution in [1.82, 2.24) is 4.31 Å². The van der Waals surface area contributed by atoms with Crippen molar-refractivity contribution in [2.24, 2.45) is 5.92 Å². The van der Waals surface area contributed by atoms with E-state index in [-0.39, 0.29) is 10.8 Å². The van der Waals surface area contributed by atoms with Crippen molar-refractivity contribution in [3.05, 3.63) is 0 Å². The third-order valence-electron chi connectivity index (χ3n) is 2.88. The molecule has 0 spiro atoms. The number of carbonyl (C=O) groups is 1. The van der Waals surface area contributed by atoms with Crippen LogP contribution in [0.25, 0.3) is 0 Å². The van der Waals surface area contributed by atoms with Gasteiger partial charge in [-0.2, -0.15) is 0 Å². The van der Waals surface area contributed by atoms with Gasteiger partial charge in [0.15, 0.2) is 6.04 Å². The maximum atomic E-state index is 12.1. The van der Waals surface area contributed by atoms with E-state index in [1.54, 1.807) is 4.31 Å². The van der Waals surface area contributed by atoms with Crippen LogP contribution >= 0.6 is 0 Å². The summed E-state index contributed by atoms with van der Waals surface area (Å²) in [5.74, 6) is -0.359. The number of rotatable bonds is 3. The van der Waals surface area contributed by atoms with Crippen LogP contribution in [0.1, 0.15) is 33.6 Å². The van der Waals surface area contributed by atoms with Crippen LogP contribution in [0.2, 0.25) is 0 Å². The number of carboxylic acids is 1. The molecule has 1 aliphatic carbocycles. The van der Waals surface area contributed by atoms with E-state index in [1.807, 2.05) is 20.8 Å². The van der Waals surface area contributed by atoms with E-state index in [0.29, 0.717) is 5.92 Å². The van der Waals surface area contributed by atoms with Gasteiger partial charge in [-0.1, -0.05) is 0 Å². The fourth-order valence-electron chi connectivity index (χ4n) is 1.92. The van der Waals surface area contributed by atoms with Crippen LogP contribution in [-0.2, 0) is 16.2 Å². The molecule has 1 N–H and O–H groups in total. The van der Waals surface area contributed by atoms with Crippen molar-refractivity contribution < 1.29 is 14.5 Å². The zero-order valence-corrected chi connectivity index (χ0v) is 10.1. The lowest BCUT2D eigenvalue weighted by molar-refractivity contribution is -0.137. The Kier molecular flexibility index (Phi) is 2.52. The molecular weight excluding hydrogens is 214 g/mol. The molecule has 1 saturated heterocycles. The van der Waals surface area contributed by atoms with Crippen LogP contribution < -0.4 is 0 Å². The quantitative estimate of drug-likeness (QED) is 0.581. The van der Waals surface area contributed by atoms with E-state index in [1.165, 1.54) is 0 Å². The van der Waals surface area contributed by atoms with Gasteiger partial charge in [0.05, 0.1) is 6.04 Å². The highest BCUT2D eigenvalue weighted by Gasteiger charge is 2.67. The average Bonchev–Trinajstić information content (AvgIpc) is 2.94. The fraction of sp³-hybridized carbons (Fsp3) is 0.900. The largest absolute Gasteiger partial charge is 0.597 e. The first kappa shape index (κ1) is 11.2. The highest BCUT2D eigenvalue weighted by molar-refractivity contribution is 7.90. The monoisotopic (exact) mass is 231 g/mol. The van der Waals surface area contributed by atoms with Crippen LogP contribution in [0.3, 0.4) is 0 Å². The minimum atomic E-state index is -1.19. The summed E-state index contributed by atoms with van der Waals surface area (Å²) in [6, 6.07) is -0.472. The number of aliphatic carboxylic acids is 1. The summed E-state index contributed by atoms with van der Waals surface area (Å²) in [5.41, 5.74) is 0. The van der Waals surface area contributed by atoms with Gasteiger partial charge < -0.3 is 9.66 Å². The van der Waals surface area contributed by atoms with Gasteiger partial charge in [0, 0.05) is 11.4 Å². The smallest absolute Gasteiger partial charge is 0.327 e. The minimum Gasteiger partial charge on any atom is -0.597 e. The molecule has 0 amide bonds. The van der Waals surface area contributed by atoms with E-state index in [0.717, 1.165) is 12.8 Å². The maximum absolute atomic E-state index is 12.1. The molecule has 5 heteroatoms. The molecule has 1 heterocycles. The van der Waals surface area contributed by atoms with Crippen LogP contribution in [-0.4, -0.2) is 36.8 Å². The second kappa shape index (κ2) is 3.37. The van der Waals surface area contributed by atoms with E-state index < -0.39 is 23.4 Å². The topological polar surface area (TPSA) is 63.4 Å². The van der Waals surface area contributed by atoms with Gasteiger partial charge in [-0.15, -0.1) is 4.31 Å². The second-order valence-electron chi connectivity index (χ2n) is 5.33. The normalized spacial score (nSPS) is 37.5. The Morgan fingerprint density at radius 3 is 2.33 bits per heavy atom. The minimum absolute atomic E-state index is 0.0301. The standard InChI is InChI=1S/C10H17NO3S/c1-10(2,3)15(14)11-7(6-4-5-6)8(11)9(12)13/h6-8H,4-5H2,1-3H3,(H,12,13)/t7-,8-,11?,15-/m0/s1. The Morgan fingerprint density at radius 1 is 1.47 bits per heavy atom. The Hall–Kier alpha value is -0.260. The van der Waals surface area contributed by atoms with Crippen LogP contribution in [0.4, 0.5) is 0 Å². The van der Waals surface area contributed by atoms with Crippen LogP contribution in [0, 0.1) is 5.92 Å². The summed E-state index contributed by atoms with van der Waals surface area (Å²) in [6.07, 6.45) is 2.18. The Morgan fingerprint density at radius 2 is 2.00 bits per heavy atom. The lowest BCUT2D eigenvalue weighted by Gasteiger charge is -2.24. The first-order valence-corrected chi connectivity index (χ1v) is 6.38. The van der Waals surface area contributed by atoms with Crippen molar-refractivity contribution in [2.75, 3.05) is 0 Å². The van der Waals surface area contributed by atoms with Gasteiger partial charge in [-0.05, 0) is 39.5 Å². The molecule has 2 rings (SSSR count). The fourth-order valence-corrected chi connectivity index (χ4v) is 3.42. The number of hydrogen-bond donors (Lipinski definition) is 1. The molecule has 1 unspecified atom stereocenters. The predicted octanol–water partition coefficient (Wildman–Crippen LogP) is 0.996. The molecule has 0 aromatic rings. The van der Waals surface area contributed by atoms with Gasteiger partial charge in [-0.25, -0.2) is 0 Å². The molecule has 15 heavy (non-hydrogen) atoms. The van der Waals surface area contributed by atoms with Crippen molar-refractivity contribution in [1.29, 1.82) is 0 Å². The molecule has 4 nitrogen and oxygen atoms in total. The average molecular weight is 231 g/mol. The number of hydrogen-bond acceptors (Lipinski definition) is 3. The van der Waals surface area contributed by atoms with E-state index >= 15 is 0 Å². The third-order valence-corrected chi connectivity index (χ3v) is 4.78. The molecular formula is C10H17NO3S. The Balaban J connectivity index is 2.06. The van der Waals surface area contributed by atoms with Gasteiger partial charge >= 0.3 is 5.97 Å². The van der Waals surface area contributed by atoms with Crippen molar-refractivity contribution in [2.45, 2.75) is 50.4 Å². The molecule has 86 valence electrons. The first-order chi connectivity index (χ1) is 6.84. The lowest BCUT2D eigenvalue weighted by Crippen LogP contribution is -2.36. The molecule has 1 saturated carbocycles. The molecule has 2 aliphatic rings. The van der Waals surface area contributed by atoms with E-state index in [9.17, 15) is 9.35 Å². The maximum Gasteiger partial charge on any atom is 0.327 e. The Labute approximate surface area is 93.0 Å². The van der Waals surface area contributed by atoms with Crippen molar-refractivity contribution in [3.63, 3.8) is 0 Å². The highest BCUT2D eigenvalue weighted by atomic mass is 32.2. The number of carboxylic acid groups (broad SMARTS) is 1. The predicted molar refractivity (Wildman–Crippen MR) is 57.7 cm³/mol. The molecule has 0 aromatic heterocycles. The molecule has 0 radical (unpaired) electrons. The molecule has 1 aliphatic heterocycles. The molecule has 0 bridgehead atoms. The SMILES string of the molecule is CC(C)(C)[S@+]([O-])N1[C@H](C(=O)O)[C@@H]1C1CC1. The van der Waals surface area contributed by atoms with Crippen molar-refractivity contribution in [3.8, 4) is 0 Å². The summed E-state index contributed by atoms with van der Waals surface area (Å²) in [5, 5.41) is 9.01. The lowest BCUT2D eigenvalue weighted by atomic mass is 10.2. The van der Waals surface area contributed by atoms with E-state index in [2.05, 4.69) is 0 Å². The number of nitrogens with zero attached hydrogens (tertiary/aromatic N) is 1. The summed E-state index contributed by atoms with van der Waals surface area (Å²) in [4.78, 5) is 11.0. The van der Waals surface area contributed by atoms with Crippen molar-refractivity contribution >= 4 is 17.3 Å². The Bertz CT molecular complexity index is 285. The highest BCUT2D eigenvalue weighted by Crippen LogP contribution is 2.50. The summed E-state index contributed by atoms with van der Waals surface area (Å²) < 4.78 is 13.4. The van der Waals surface area contributed by atoms with Gasteiger partial charge in [0.25, 0.3) is 0 Å². The molecule has 2 fully saturated rings. The van der Waals surface area contributed by atoms with Gasteiger partial charge in [0.1, 0.15) is 4.75 Å². The summed E-state index contributed by atoms with van der Waals surface area (Å²) in [6.45, 7) is 5.64. The van der Waals surface area contributed by atoms with Gasteiger partial charge in [0.2, 0.25) is 0 Å². The second-order valence-corrected chi connectivity index (χ2v) is 7.48.